The van der Waals surface area contributed by atoms with E-state index in [0.717, 1.165) is 6.54 Å². The fourth-order valence-electron chi connectivity index (χ4n) is 3.00. The van der Waals surface area contributed by atoms with Gasteiger partial charge in [0.15, 0.2) is 0 Å². The Labute approximate surface area is 130 Å². The highest BCUT2D eigenvalue weighted by Crippen LogP contribution is 2.19. The number of hydrogen-bond acceptors (Lipinski definition) is 5. The Kier molecular flexibility index (Phi) is 5.51. The lowest BCUT2D eigenvalue weighted by Gasteiger charge is -2.44. The molecular weight excluding hydrogens is 282 g/mol. The van der Waals surface area contributed by atoms with E-state index < -0.39 is 12.0 Å². The van der Waals surface area contributed by atoms with Gasteiger partial charge in [-0.3, -0.25) is 9.69 Å². The van der Waals surface area contributed by atoms with Crippen LogP contribution in [0.5, 0.6) is 0 Å². The Hall–Kier alpha value is -1.92. The van der Waals surface area contributed by atoms with Crippen molar-refractivity contribution in [3.8, 4) is 0 Å². The predicted molar refractivity (Wildman–Crippen MR) is 82.9 cm³/mol. The number of carbonyl (C=O) groups is 2. The number of carbonyl (C=O) groups excluding carboxylic acids is 2. The fourth-order valence-corrected chi connectivity index (χ4v) is 3.00. The van der Waals surface area contributed by atoms with E-state index in [0.29, 0.717) is 13.1 Å². The van der Waals surface area contributed by atoms with Crippen LogP contribution in [-0.2, 0) is 20.9 Å². The highest BCUT2D eigenvalue weighted by atomic mass is 16.5. The van der Waals surface area contributed by atoms with Crippen molar-refractivity contribution in [1.82, 2.24) is 9.80 Å². The van der Waals surface area contributed by atoms with Crippen LogP contribution in [0.15, 0.2) is 30.3 Å². The highest BCUT2D eigenvalue weighted by Gasteiger charge is 2.39. The van der Waals surface area contributed by atoms with Gasteiger partial charge in [-0.15, -0.1) is 0 Å². The van der Waals surface area contributed by atoms with E-state index in [1.807, 2.05) is 25.1 Å². The number of esters is 1. The van der Waals surface area contributed by atoms with Gasteiger partial charge in [0.2, 0.25) is 5.91 Å². The molecule has 1 amide bonds. The molecule has 0 aromatic heterocycles. The minimum atomic E-state index is -0.603. The average Bonchev–Trinajstić information content (AvgIpc) is 2.53. The second-order valence-electron chi connectivity index (χ2n) is 5.57. The van der Waals surface area contributed by atoms with Crippen molar-refractivity contribution in [1.29, 1.82) is 0 Å². The first-order valence-electron chi connectivity index (χ1n) is 7.42. The van der Waals surface area contributed by atoms with Gasteiger partial charge in [0.05, 0.1) is 13.7 Å². The van der Waals surface area contributed by atoms with E-state index in [4.69, 9.17) is 10.5 Å². The fraction of sp³-hybridized carbons (Fsp3) is 0.500. The summed E-state index contributed by atoms with van der Waals surface area (Å²) in [5.41, 5.74) is 6.65. The molecule has 1 aliphatic heterocycles. The molecule has 2 rings (SSSR count). The van der Waals surface area contributed by atoms with Gasteiger partial charge in [0.1, 0.15) is 6.04 Å². The Morgan fingerprint density at radius 3 is 2.55 bits per heavy atom. The van der Waals surface area contributed by atoms with Crippen LogP contribution >= 0.6 is 0 Å². The summed E-state index contributed by atoms with van der Waals surface area (Å²) in [6.45, 7) is 3.73. The Bertz CT molecular complexity index is 521. The average molecular weight is 305 g/mol. The van der Waals surface area contributed by atoms with Crippen LogP contribution in [0.3, 0.4) is 0 Å². The van der Waals surface area contributed by atoms with Crippen LogP contribution in [0.2, 0.25) is 0 Å². The molecule has 2 atom stereocenters. The lowest BCUT2D eigenvalue weighted by molar-refractivity contribution is -0.158. The van der Waals surface area contributed by atoms with Crippen molar-refractivity contribution in [2.24, 2.45) is 5.73 Å². The number of piperazine rings is 1. The summed E-state index contributed by atoms with van der Waals surface area (Å²) >= 11 is 0. The molecule has 22 heavy (non-hydrogen) atoms. The smallest absolute Gasteiger partial charge is 0.329 e. The van der Waals surface area contributed by atoms with E-state index in [1.165, 1.54) is 12.7 Å². The molecule has 0 radical (unpaired) electrons. The summed E-state index contributed by atoms with van der Waals surface area (Å²) in [5.74, 6) is -0.617. The van der Waals surface area contributed by atoms with Gasteiger partial charge >= 0.3 is 5.97 Å². The Balaban J connectivity index is 2.15. The van der Waals surface area contributed by atoms with E-state index in [2.05, 4.69) is 17.0 Å². The summed E-state index contributed by atoms with van der Waals surface area (Å²) in [4.78, 5) is 27.8. The zero-order valence-corrected chi connectivity index (χ0v) is 13.1. The molecule has 1 saturated heterocycles. The predicted octanol–water partition coefficient (Wildman–Crippen LogP) is 0.220. The number of ether oxygens (including phenoxy) is 1. The van der Waals surface area contributed by atoms with Crippen LogP contribution in [0, 0.1) is 0 Å². The van der Waals surface area contributed by atoms with Crippen molar-refractivity contribution in [2.75, 3.05) is 26.7 Å². The maximum atomic E-state index is 12.1. The normalized spacial score (nSPS) is 22.4. The number of benzene rings is 1. The number of nitrogens with zero attached hydrogens (tertiary/aromatic N) is 2. The van der Waals surface area contributed by atoms with Crippen LogP contribution < -0.4 is 5.73 Å². The van der Waals surface area contributed by atoms with Crippen molar-refractivity contribution in [3.05, 3.63) is 35.9 Å². The third-order valence-corrected chi connectivity index (χ3v) is 3.95. The summed E-state index contributed by atoms with van der Waals surface area (Å²) < 4.78 is 4.86. The van der Waals surface area contributed by atoms with E-state index in [9.17, 15) is 9.59 Å². The summed E-state index contributed by atoms with van der Waals surface area (Å²) in [7, 11) is 1.34. The molecule has 1 aliphatic rings. The first kappa shape index (κ1) is 16.5. The Morgan fingerprint density at radius 1 is 1.27 bits per heavy atom. The zero-order valence-electron chi connectivity index (χ0n) is 13.1. The summed E-state index contributed by atoms with van der Waals surface area (Å²) in [5, 5.41) is 0. The second kappa shape index (κ2) is 7.38. The molecule has 2 N–H and O–H groups in total. The number of hydrogen-bond donors (Lipinski definition) is 1. The SMILES string of the molecule is COC(=O)C1CN(Cc2ccccc2)CC(C)N1C(=O)CN. The Morgan fingerprint density at radius 2 is 1.95 bits per heavy atom. The topological polar surface area (TPSA) is 75.9 Å². The number of methoxy groups -OCH3 is 1. The van der Waals surface area contributed by atoms with Crippen molar-refractivity contribution >= 4 is 11.9 Å². The molecule has 0 bridgehead atoms. The van der Waals surface area contributed by atoms with Crippen LogP contribution in [-0.4, -0.2) is 60.5 Å². The minimum absolute atomic E-state index is 0.0855. The van der Waals surface area contributed by atoms with Gasteiger partial charge in [-0.05, 0) is 12.5 Å². The third kappa shape index (κ3) is 3.64. The second-order valence-corrected chi connectivity index (χ2v) is 5.57. The molecular formula is C16H23N3O3. The molecule has 1 fully saturated rings. The monoisotopic (exact) mass is 305 g/mol. The lowest BCUT2D eigenvalue weighted by Crippen LogP contribution is -2.63. The molecule has 1 aromatic rings. The molecule has 0 spiro atoms. The number of amides is 1. The zero-order chi connectivity index (χ0) is 16.1. The lowest BCUT2D eigenvalue weighted by atomic mass is 10.1. The minimum Gasteiger partial charge on any atom is -0.467 e. The van der Waals surface area contributed by atoms with Crippen molar-refractivity contribution in [3.63, 3.8) is 0 Å². The summed E-state index contributed by atoms with van der Waals surface area (Å²) in [6, 6.07) is 9.37. The first-order chi connectivity index (χ1) is 10.6. The molecule has 6 heteroatoms. The maximum absolute atomic E-state index is 12.1. The molecule has 6 nitrogen and oxygen atoms in total. The molecule has 0 aliphatic carbocycles. The van der Waals surface area contributed by atoms with Gasteiger partial charge in [0, 0.05) is 25.7 Å². The van der Waals surface area contributed by atoms with Crippen molar-refractivity contribution < 1.29 is 14.3 Å². The summed E-state index contributed by atoms with van der Waals surface area (Å²) in [6.07, 6.45) is 0. The van der Waals surface area contributed by atoms with E-state index in [1.54, 1.807) is 4.90 Å². The van der Waals surface area contributed by atoms with Gasteiger partial charge in [-0.2, -0.15) is 0 Å². The standard InChI is InChI=1S/C16H23N3O3/c1-12-9-18(10-13-6-4-3-5-7-13)11-14(16(21)22-2)19(12)15(20)8-17/h3-7,12,14H,8-11,17H2,1-2H3. The van der Waals surface area contributed by atoms with Gasteiger partial charge in [-0.1, -0.05) is 30.3 Å². The van der Waals surface area contributed by atoms with Gasteiger partial charge < -0.3 is 15.4 Å². The molecule has 2 unspecified atom stereocenters. The van der Waals surface area contributed by atoms with Crippen LogP contribution in [0.1, 0.15) is 12.5 Å². The largest absolute Gasteiger partial charge is 0.467 e. The first-order valence-corrected chi connectivity index (χ1v) is 7.42. The maximum Gasteiger partial charge on any atom is 0.329 e. The quantitative estimate of drug-likeness (QED) is 0.805. The van der Waals surface area contributed by atoms with Gasteiger partial charge in [-0.25, -0.2) is 4.79 Å². The van der Waals surface area contributed by atoms with E-state index >= 15 is 0 Å². The van der Waals surface area contributed by atoms with E-state index in [-0.39, 0.29) is 18.5 Å². The molecule has 120 valence electrons. The molecule has 1 heterocycles. The van der Waals surface area contributed by atoms with Crippen molar-refractivity contribution in [2.45, 2.75) is 25.6 Å². The molecule has 1 aromatic carbocycles. The number of nitrogens with two attached hydrogens (primary N) is 1. The number of rotatable bonds is 4. The highest BCUT2D eigenvalue weighted by molar-refractivity contribution is 5.86. The van der Waals surface area contributed by atoms with Crippen LogP contribution in [0.4, 0.5) is 0 Å². The third-order valence-electron chi connectivity index (χ3n) is 3.95. The molecule has 0 saturated carbocycles. The van der Waals surface area contributed by atoms with Gasteiger partial charge in [0.25, 0.3) is 0 Å². The van der Waals surface area contributed by atoms with Crippen LogP contribution in [0.25, 0.3) is 0 Å².